The highest BCUT2D eigenvalue weighted by Crippen LogP contribution is 2.06. The van der Waals surface area contributed by atoms with E-state index < -0.39 is 17.9 Å². The van der Waals surface area contributed by atoms with Gasteiger partial charge in [0.25, 0.3) is 0 Å². The van der Waals surface area contributed by atoms with Crippen molar-refractivity contribution < 1.29 is 24.2 Å². The molecule has 0 saturated carbocycles. The third kappa shape index (κ3) is 6.39. The normalized spacial score (nSPS) is 15.8. The molecule has 1 aromatic carbocycles. The lowest BCUT2D eigenvalue weighted by Gasteiger charge is -2.27. The summed E-state index contributed by atoms with van der Waals surface area (Å²) in [5.74, 6) is -1.78. The van der Waals surface area contributed by atoms with E-state index in [0.29, 0.717) is 26.3 Å². The van der Waals surface area contributed by atoms with Gasteiger partial charge in [-0.2, -0.15) is 0 Å². The minimum absolute atomic E-state index is 0.0520. The van der Waals surface area contributed by atoms with Gasteiger partial charge in [-0.25, -0.2) is 4.79 Å². The molecule has 0 spiro atoms. The van der Waals surface area contributed by atoms with Gasteiger partial charge in [0.15, 0.2) is 0 Å². The Morgan fingerprint density at radius 1 is 1.20 bits per heavy atom. The van der Waals surface area contributed by atoms with Crippen LogP contribution in [-0.2, 0) is 19.1 Å². The molecule has 1 aliphatic rings. The average Bonchev–Trinajstić information content (AvgIpc) is 2.64. The molecule has 1 aliphatic heterocycles. The number of carbonyl (C=O) groups excluding carboxylic acids is 2. The molecule has 134 valence electrons. The molecule has 1 aromatic rings. The maximum atomic E-state index is 12.1. The van der Waals surface area contributed by atoms with Crippen LogP contribution in [0.4, 0.5) is 0 Å². The zero-order valence-corrected chi connectivity index (χ0v) is 13.9. The number of nitrogens with zero attached hydrogens (tertiary/aromatic N) is 1. The fraction of sp³-hybridized carbons (Fsp3) is 0.389. The molecule has 2 amide bonds. The quantitative estimate of drug-likeness (QED) is 0.716. The van der Waals surface area contributed by atoms with Gasteiger partial charge < -0.3 is 20.1 Å². The van der Waals surface area contributed by atoms with Crippen molar-refractivity contribution in [3.63, 3.8) is 0 Å². The molecule has 0 aromatic heterocycles. The van der Waals surface area contributed by atoms with Gasteiger partial charge in [-0.3, -0.25) is 9.59 Å². The van der Waals surface area contributed by atoms with E-state index in [-0.39, 0.29) is 18.7 Å². The van der Waals surface area contributed by atoms with Crippen LogP contribution in [0.1, 0.15) is 18.4 Å². The Labute approximate surface area is 146 Å². The van der Waals surface area contributed by atoms with Crippen LogP contribution >= 0.6 is 0 Å². The highest BCUT2D eigenvalue weighted by Gasteiger charge is 2.23. The van der Waals surface area contributed by atoms with Crippen LogP contribution in [-0.4, -0.2) is 60.1 Å². The average molecular weight is 346 g/mol. The predicted octanol–water partition coefficient (Wildman–Crippen LogP) is 0.908. The van der Waals surface area contributed by atoms with Crippen molar-refractivity contribution in [2.75, 3.05) is 26.3 Å². The third-order valence-electron chi connectivity index (χ3n) is 3.85. The minimum Gasteiger partial charge on any atom is -0.480 e. The molecule has 0 aliphatic carbocycles. The van der Waals surface area contributed by atoms with E-state index >= 15 is 0 Å². The van der Waals surface area contributed by atoms with E-state index in [2.05, 4.69) is 5.32 Å². The van der Waals surface area contributed by atoms with Crippen LogP contribution < -0.4 is 5.32 Å². The summed E-state index contributed by atoms with van der Waals surface area (Å²) in [6, 6.07) is 8.12. The van der Waals surface area contributed by atoms with Crippen LogP contribution in [0.15, 0.2) is 36.4 Å². The lowest BCUT2D eigenvalue weighted by molar-refractivity contribution is -0.142. The van der Waals surface area contributed by atoms with Crippen molar-refractivity contribution in [2.45, 2.75) is 18.9 Å². The van der Waals surface area contributed by atoms with Crippen molar-refractivity contribution in [2.24, 2.45) is 0 Å². The topological polar surface area (TPSA) is 95.9 Å². The molecule has 1 heterocycles. The van der Waals surface area contributed by atoms with Crippen molar-refractivity contribution in [3.8, 4) is 0 Å². The fourth-order valence-electron chi connectivity index (χ4n) is 2.45. The van der Waals surface area contributed by atoms with Crippen LogP contribution in [0.2, 0.25) is 0 Å². The summed E-state index contributed by atoms with van der Waals surface area (Å²) in [5, 5.41) is 11.7. The maximum Gasteiger partial charge on any atom is 0.326 e. The number of carboxylic acid groups (broad SMARTS) is 1. The van der Waals surface area contributed by atoms with Crippen LogP contribution in [0.5, 0.6) is 0 Å². The number of ether oxygens (including phenoxy) is 1. The van der Waals surface area contributed by atoms with E-state index in [4.69, 9.17) is 4.74 Å². The van der Waals surface area contributed by atoms with E-state index in [9.17, 15) is 19.5 Å². The summed E-state index contributed by atoms with van der Waals surface area (Å²) in [6.45, 7) is 2.02. The first-order valence-corrected chi connectivity index (χ1v) is 8.18. The van der Waals surface area contributed by atoms with Crippen LogP contribution in [0.25, 0.3) is 6.08 Å². The van der Waals surface area contributed by atoms with E-state index in [0.717, 1.165) is 5.56 Å². The molecule has 7 nitrogen and oxygen atoms in total. The van der Waals surface area contributed by atoms with Crippen LogP contribution in [0, 0.1) is 0 Å². The molecule has 0 unspecified atom stereocenters. The van der Waals surface area contributed by atoms with Gasteiger partial charge >= 0.3 is 5.97 Å². The number of benzene rings is 1. The third-order valence-corrected chi connectivity index (χ3v) is 3.85. The monoisotopic (exact) mass is 346 g/mol. The summed E-state index contributed by atoms with van der Waals surface area (Å²) in [7, 11) is 0. The number of carbonyl (C=O) groups is 3. The molecule has 7 heteroatoms. The van der Waals surface area contributed by atoms with Crippen molar-refractivity contribution in [1.82, 2.24) is 10.2 Å². The first-order chi connectivity index (χ1) is 12.1. The van der Waals surface area contributed by atoms with Gasteiger partial charge in [-0.15, -0.1) is 0 Å². The second-order valence-corrected chi connectivity index (χ2v) is 5.68. The number of carboxylic acids is 1. The Kier molecular flexibility index (Phi) is 7.16. The van der Waals surface area contributed by atoms with E-state index in [1.807, 2.05) is 30.3 Å². The summed E-state index contributed by atoms with van der Waals surface area (Å²) in [6.07, 6.45) is 3.01. The number of nitrogens with one attached hydrogen (secondary N) is 1. The zero-order chi connectivity index (χ0) is 18.1. The number of amides is 2. The maximum absolute atomic E-state index is 12.1. The highest BCUT2D eigenvalue weighted by atomic mass is 16.5. The lowest BCUT2D eigenvalue weighted by Crippen LogP contribution is -2.43. The van der Waals surface area contributed by atoms with Gasteiger partial charge in [0.2, 0.25) is 11.8 Å². The van der Waals surface area contributed by atoms with Crippen molar-refractivity contribution >= 4 is 23.9 Å². The number of rotatable bonds is 7. The SMILES string of the molecule is O=C(/C=C/c1ccccc1)N[C@@H](CCC(=O)N1CCOCC1)C(=O)O. The molecule has 1 fully saturated rings. The molecule has 25 heavy (non-hydrogen) atoms. The van der Waals surface area contributed by atoms with Crippen LogP contribution in [0.3, 0.4) is 0 Å². The largest absolute Gasteiger partial charge is 0.480 e. The van der Waals surface area contributed by atoms with E-state index in [1.54, 1.807) is 11.0 Å². The highest BCUT2D eigenvalue weighted by molar-refractivity contribution is 5.94. The first kappa shape index (κ1) is 18.7. The summed E-state index contributed by atoms with van der Waals surface area (Å²) in [4.78, 5) is 36.9. The molecular weight excluding hydrogens is 324 g/mol. The first-order valence-electron chi connectivity index (χ1n) is 8.18. The predicted molar refractivity (Wildman–Crippen MR) is 91.7 cm³/mol. The number of morpholine rings is 1. The molecule has 1 saturated heterocycles. The summed E-state index contributed by atoms with van der Waals surface area (Å²) in [5.41, 5.74) is 0.840. The van der Waals surface area contributed by atoms with Gasteiger partial charge in [-0.05, 0) is 18.1 Å². The number of aliphatic carboxylic acids is 1. The van der Waals surface area contributed by atoms with Gasteiger partial charge in [0, 0.05) is 25.6 Å². The Bertz CT molecular complexity index is 624. The Morgan fingerprint density at radius 2 is 1.88 bits per heavy atom. The molecule has 2 N–H and O–H groups in total. The fourth-order valence-corrected chi connectivity index (χ4v) is 2.45. The molecule has 0 radical (unpaired) electrons. The zero-order valence-electron chi connectivity index (χ0n) is 13.9. The standard InChI is InChI=1S/C18H22N2O5/c21-16(8-6-14-4-2-1-3-5-14)19-15(18(23)24)7-9-17(22)20-10-12-25-13-11-20/h1-6,8,15H,7,9-13H2,(H,19,21)(H,23,24)/b8-6+/t15-/m0/s1. The Hall–Kier alpha value is -2.67. The molecule has 1 atom stereocenters. The van der Waals surface area contributed by atoms with Gasteiger partial charge in [-0.1, -0.05) is 30.3 Å². The number of hydrogen-bond donors (Lipinski definition) is 2. The lowest BCUT2D eigenvalue weighted by atomic mass is 10.1. The smallest absolute Gasteiger partial charge is 0.326 e. The summed E-state index contributed by atoms with van der Waals surface area (Å²) < 4.78 is 5.18. The van der Waals surface area contributed by atoms with Gasteiger partial charge in [0.05, 0.1) is 13.2 Å². The molecular formula is C18H22N2O5. The number of hydrogen-bond acceptors (Lipinski definition) is 4. The Balaban J connectivity index is 1.83. The van der Waals surface area contributed by atoms with Gasteiger partial charge in [0.1, 0.15) is 6.04 Å². The minimum atomic E-state index is -1.16. The second-order valence-electron chi connectivity index (χ2n) is 5.68. The molecule has 2 rings (SSSR count). The van der Waals surface area contributed by atoms with E-state index in [1.165, 1.54) is 6.08 Å². The van der Waals surface area contributed by atoms with Crippen molar-refractivity contribution in [1.29, 1.82) is 0 Å². The Morgan fingerprint density at radius 3 is 2.52 bits per heavy atom. The molecule has 0 bridgehead atoms. The summed E-state index contributed by atoms with van der Waals surface area (Å²) >= 11 is 0. The second kappa shape index (κ2) is 9.58. The van der Waals surface area contributed by atoms with Crippen molar-refractivity contribution in [3.05, 3.63) is 42.0 Å².